The summed E-state index contributed by atoms with van der Waals surface area (Å²) in [6.07, 6.45) is 0. The van der Waals surface area contributed by atoms with Gasteiger partial charge in [-0.25, -0.2) is 55.9 Å². The number of nitrogens with two attached hydrogens (primary N) is 2. The standard InChI is InChI=1S/CH4N2S.Au.3ClHO4/c2-1(3)4;;3*2-1(3,4)5/h(H4,2,3,4);;3*(H,2,3,4,5)/q;+3;;;/p-3. The van der Waals surface area contributed by atoms with Crippen LogP contribution in [0, 0.1) is 30.7 Å². The molecule has 0 aromatic rings. The van der Waals surface area contributed by atoms with Crippen molar-refractivity contribution in [3.63, 3.8) is 0 Å². The van der Waals surface area contributed by atoms with E-state index in [0.29, 0.717) is 0 Å². The molecule has 0 amide bonds. The van der Waals surface area contributed by atoms with E-state index in [1.807, 2.05) is 0 Å². The maximum atomic E-state index is 8.49. The largest absolute Gasteiger partial charge is 3.00 e. The van der Waals surface area contributed by atoms with Gasteiger partial charge in [-0.1, -0.05) is 0 Å². The molecule has 20 heavy (non-hydrogen) atoms. The molecule has 0 unspecified atom stereocenters. The van der Waals surface area contributed by atoms with E-state index in [0.717, 1.165) is 0 Å². The van der Waals surface area contributed by atoms with Crippen molar-refractivity contribution in [3.05, 3.63) is 0 Å². The molecule has 0 radical (unpaired) electrons. The topological polar surface area (TPSA) is 329 Å². The molecule has 0 rings (SSSR count). The zero-order valence-corrected chi connectivity index (χ0v) is 13.6. The fourth-order valence-electron chi connectivity index (χ4n) is 0. The monoisotopic (exact) mass is 570 g/mol. The van der Waals surface area contributed by atoms with Crippen molar-refractivity contribution >= 4 is 17.3 Å². The fourth-order valence-corrected chi connectivity index (χ4v) is 0. The molecule has 0 fully saturated rings. The second-order valence-electron chi connectivity index (χ2n) is 1.54. The molecule has 0 aliphatic heterocycles. The van der Waals surface area contributed by atoms with Crippen LogP contribution in [0.1, 0.15) is 0 Å². The maximum absolute atomic E-state index is 8.49. The minimum absolute atomic E-state index is 0. The summed E-state index contributed by atoms with van der Waals surface area (Å²) in [6.45, 7) is 0. The molecule has 4 N–H and O–H groups in total. The van der Waals surface area contributed by atoms with Gasteiger partial charge in [0.1, 0.15) is 0 Å². The molecule has 0 aromatic carbocycles. The Morgan fingerprint density at radius 1 is 0.550 bits per heavy atom. The van der Waals surface area contributed by atoms with Gasteiger partial charge in [-0.15, -0.1) is 30.7 Å². The van der Waals surface area contributed by atoms with Gasteiger partial charge in [0.15, 0.2) is 5.11 Å². The summed E-state index contributed by atoms with van der Waals surface area (Å²) < 4.78 is 102. The molecule has 19 heteroatoms. The van der Waals surface area contributed by atoms with Crippen molar-refractivity contribution in [2.75, 3.05) is 0 Å². The van der Waals surface area contributed by atoms with Crippen LogP contribution < -0.4 is 67.4 Å². The third kappa shape index (κ3) is 8880. The van der Waals surface area contributed by atoms with Crippen LogP contribution in [-0.4, -0.2) is 5.11 Å². The molecule has 0 atom stereocenters. The van der Waals surface area contributed by atoms with Crippen LogP contribution in [0.15, 0.2) is 0 Å². The van der Waals surface area contributed by atoms with Gasteiger partial charge in [0, 0.05) is 0 Å². The number of halogens is 3. The van der Waals surface area contributed by atoms with Crippen molar-refractivity contribution in [3.8, 4) is 0 Å². The molecule has 14 nitrogen and oxygen atoms in total. The zero-order valence-electron chi connectivity index (χ0n) is 8.40. The van der Waals surface area contributed by atoms with Gasteiger partial charge in [-0.05, 0) is 12.2 Å². The molecular weight excluding hydrogens is 567 g/mol. The molecule has 0 heterocycles. The van der Waals surface area contributed by atoms with Crippen LogP contribution >= 0.6 is 12.2 Å². The first-order valence-electron chi connectivity index (χ1n) is 2.63. The minimum Gasteiger partial charge on any atom is -0.377 e. The molecule has 0 spiro atoms. The number of thiocarbonyl (C=S) groups is 1. The van der Waals surface area contributed by atoms with E-state index in [4.69, 9.17) is 55.9 Å². The molecule has 0 saturated carbocycles. The first kappa shape index (κ1) is 32.7. The maximum Gasteiger partial charge on any atom is 3.00 e. The predicted molar refractivity (Wildman–Crippen MR) is 21.0 cm³/mol. The van der Waals surface area contributed by atoms with E-state index >= 15 is 0 Å². The molecule has 0 aromatic heterocycles. The Labute approximate surface area is 137 Å². The van der Waals surface area contributed by atoms with Crippen LogP contribution in [0.25, 0.3) is 0 Å². The van der Waals surface area contributed by atoms with E-state index in [1.165, 1.54) is 0 Å². The summed E-state index contributed by atoms with van der Waals surface area (Å²) in [5.74, 6) is 0. The Hall–Kier alpha value is 0.820. The third-order valence-electron chi connectivity index (χ3n) is 0. The summed E-state index contributed by atoms with van der Waals surface area (Å²) in [5, 5.41) is 0.000000000000000222. The van der Waals surface area contributed by atoms with Gasteiger partial charge in [-0.3, -0.25) is 0 Å². The van der Waals surface area contributed by atoms with Crippen molar-refractivity contribution in [1.82, 2.24) is 0 Å². The van der Waals surface area contributed by atoms with Crippen LogP contribution in [0.2, 0.25) is 0 Å². The van der Waals surface area contributed by atoms with E-state index in [1.54, 1.807) is 0 Å². The summed E-state index contributed by atoms with van der Waals surface area (Å²) in [6, 6.07) is 0. The fraction of sp³-hybridized carbons (Fsp3) is 0. The van der Waals surface area contributed by atoms with Crippen molar-refractivity contribution in [2.24, 2.45) is 11.5 Å². The van der Waals surface area contributed by atoms with Crippen LogP contribution in [0.5, 0.6) is 0 Å². The predicted octanol–water partition coefficient (Wildman–Crippen LogP) is -15.1. The average molecular weight is 571 g/mol. The third-order valence-corrected chi connectivity index (χ3v) is 0. The van der Waals surface area contributed by atoms with Gasteiger partial charge >= 0.3 is 22.4 Å². The Morgan fingerprint density at radius 2 is 0.550 bits per heavy atom. The van der Waals surface area contributed by atoms with Gasteiger partial charge in [0.05, 0.1) is 0 Å². The zero-order chi connectivity index (χ0) is 17.1. The Balaban J connectivity index is -0.0000000494. The molecule has 0 bridgehead atoms. The Morgan fingerprint density at radius 3 is 0.550 bits per heavy atom. The van der Waals surface area contributed by atoms with Gasteiger partial charge in [0.25, 0.3) is 0 Å². The SMILES string of the molecule is NC(N)=S.[Au+3].[O-][Cl+3]([O-])([O-])[O-].[O-][Cl+3]([O-])([O-])[O-].[O-][Cl+3]([O-])([O-])[O-]. The number of hydrogen-bond donors (Lipinski definition) is 2. The van der Waals surface area contributed by atoms with Crippen LogP contribution in [-0.2, 0) is 22.4 Å². The number of hydrogen-bond acceptors (Lipinski definition) is 13. The Bertz CT molecular complexity index is 174. The average Bonchev–Trinajstić information content (AvgIpc) is 1.66. The molecule has 128 valence electrons. The number of rotatable bonds is 0. The normalized spacial score (nSPS) is 10.2. The second-order valence-corrected chi connectivity index (χ2v) is 4.28. The minimum atomic E-state index is -4.94. The summed E-state index contributed by atoms with van der Waals surface area (Å²) in [4.78, 5) is 0. The smallest absolute Gasteiger partial charge is 0.377 e. The van der Waals surface area contributed by atoms with Gasteiger partial charge in [-0.2, -0.15) is 0 Å². The summed E-state index contributed by atoms with van der Waals surface area (Å²) >= 11 is 4.09. The van der Waals surface area contributed by atoms with Crippen molar-refractivity contribution in [2.45, 2.75) is 0 Å². The summed E-state index contributed by atoms with van der Waals surface area (Å²) in [5.41, 5.74) is 9.24. The van der Waals surface area contributed by atoms with E-state index < -0.39 is 30.7 Å². The summed E-state index contributed by atoms with van der Waals surface area (Å²) in [7, 11) is -14.8. The van der Waals surface area contributed by atoms with E-state index in [9.17, 15) is 0 Å². The quantitative estimate of drug-likeness (QED) is 0.201. The van der Waals surface area contributed by atoms with Crippen molar-refractivity contribution < 1.29 is 109 Å². The van der Waals surface area contributed by atoms with Gasteiger partial charge < -0.3 is 11.5 Å². The molecule has 0 saturated heterocycles. The first-order valence-corrected chi connectivity index (χ1v) is 6.74. The molecular formula is CH4AuCl3N2O12S. The van der Waals surface area contributed by atoms with Crippen molar-refractivity contribution in [1.29, 1.82) is 0 Å². The van der Waals surface area contributed by atoms with E-state index in [2.05, 4.69) is 23.7 Å². The van der Waals surface area contributed by atoms with Gasteiger partial charge in [0.2, 0.25) is 0 Å². The Kier molecular flexibility index (Phi) is 24.1. The van der Waals surface area contributed by atoms with Crippen LogP contribution in [0.3, 0.4) is 0 Å². The van der Waals surface area contributed by atoms with Crippen LogP contribution in [0.4, 0.5) is 0 Å². The second kappa shape index (κ2) is 14.7. The molecule has 0 aliphatic carbocycles. The first-order chi connectivity index (χ1) is 7.73. The van der Waals surface area contributed by atoms with E-state index in [-0.39, 0.29) is 27.5 Å². The molecule has 0 aliphatic rings.